The fraction of sp³-hybridized carbons (Fsp3) is 0.125. The lowest BCUT2D eigenvalue weighted by Gasteiger charge is -2.11. The maximum absolute atomic E-state index is 12.4. The van der Waals surface area contributed by atoms with E-state index in [0.717, 1.165) is 10.6 Å². The summed E-state index contributed by atoms with van der Waals surface area (Å²) < 4.78 is 4.70. The molecule has 0 aliphatic carbocycles. The first kappa shape index (κ1) is 15.1. The molecule has 108 valence electrons. The lowest BCUT2D eigenvalue weighted by molar-refractivity contribution is 0.0597. The van der Waals surface area contributed by atoms with Crippen molar-refractivity contribution < 1.29 is 14.3 Å². The molecule has 0 aliphatic heterocycles. The van der Waals surface area contributed by atoms with E-state index in [9.17, 15) is 9.59 Å². The highest BCUT2D eigenvalue weighted by atomic mass is 32.2. The zero-order valence-electron chi connectivity index (χ0n) is 11.8. The molecule has 4 nitrogen and oxygen atoms in total. The minimum atomic E-state index is -0.529. The lowest BCUT2D eigenvalue weighted by Crippen LogP contribution is -2.17. The van der Waals surface area contributed by atoms with Gasteiger partial charge in [0.2, 0.25) is 0 Å². The topological polar surface area (TPSA) is 55.4 Å². The van der Waals surface area contributed by atoms with Crippen molar-refractivity contribution in [3.8, 4) is 0 Å². The highest BCUT2D eigenvalue weighted by Gasteiger charge is 2.17. The van der Waals surface area contributed by atoms with Crippen molar-refractivity contribution in [3.63, 3.8) is 0 Å². The molecule has 0 fully saturated rings. The van der Waals surface area contributed by atoms with Crippen LogP contribution >= 0.6 is 11.8 Å². The van der Waals surface area contributed by atoms with Gasteiger partial charge in [0.15, 0.2) is 0 Å². The molecule has 0 aliphatic rings. The van der Waals surface area contributed by atoms with Crippen molar-refractivity contribution in [3.05, 3.63) is 59.7 Å². The van der Waals surface area contributed by atoms with Crippen molar-refractivity contribution in [2.75, 3.05) is 18.7 Å². The summed E-state index contributed by atoms with van der Waals surface area (Å²) in [6.45, 7) is 0. The largest absolute Gasteiger partial charge is 0.465 e. The first-order valence-corrected chi connectivity index (χ1v) is 7.51. The fourth-order valence-corrected chi connectivity index (χ4v) is 2.46. The SMILES string of the molecule is COC(=O)c1ccccc1C(=O)Nc1ccccc1SC. The number of ether oxygens (including phenoxy) is 1. The molecule has 0 saturated heterocycles. The Balaban J connectivity index is 2.31. The Hall–Kier alpha value is -2.27. The van der Waals surface area contributed by atoms with E-state index in [2.05, 4.69) is 5.32 Å². The molecule has 5 heteroatoms. The molecular formula is C16H15NO3S. The van der Waals surface area contributed by atoms with Gasteiger partial charge >= 0.3 is 5.97 Å². The van der Waals surface area contributed by atoms with Gasteiger partial charge < -0.3 is 10.1 Å². The fourth-order valence-electron chi connectivity index (χ4n) is 1.91. The molecule has 0 radical (unpaired) electrons. The summed E-state index contributed by atoms with van der Waals surface area (Å²) in [7, 11) is 1.29. The van der Waals surface area contributed by atoms with Crippen LogP contribution in [0.25, 0.3) is 0 Å². The van der Waals surface area contributed by atoms with Crippen molar-refractivity contribution in [2.24, 2.45) is 0 Å². The number of hydrogen-bond acceptors (Lipinski definition) is 4. The van der Waals surface area contributed by atoms with E-state index in [4.69, 9.17) is 4.74 Å². The van der Waals surface area contributed by atoms with Crippen molar-refractivity contribution in [1.82, 2.24) is 0 Å². The number of benzene rings is 2. The molecule has 0 saturated carbocycles. The number of carbonyl (C=O) groups excluding carboxylic acids is 2. The summed E-state index contributed by atoms with van der Waals surface area (Å²) >= 11 is 1.54. The van der Waals surface area contributed by atoms with Crippen molar-refractivity contribution in [1.29, 1.82) is 0 Å². The normalized spacial score (nSPS) is 10.0. The number of para-hydroxylation sites is 1. The maximum Gasteiger partial charge on any atom is 0.338 e. The van der Waals surface area contributed by atoms with Crippen LogP contribution in [-0.4, -0.2) is 25.2 Å². The first-order valence-electron chi connectivity index (χ1n) is 6.29. The molecule has 2 aromatic carbocycles. The molecule has 0 unspecified atom stereocenters. The van der Waals surface area contributed by atoms with Crippen LogP contribution in [0.3, 0.4) is 0 Å². The maximum atomic E-state index is 12.4. The van der Waals surface area contributed by atoms with Gasteiger partial charge in [-0.3, -0.25) is 4.79 Å². The Bertz CT molecular complexity index is 670. The molecule has 0 bridgehead atoms. The van der Waals surface area contributed by atoms with Gasteiger partial charge in [-0.1, -0.05) is 24.3 Å². The van der Waals surface area contributed by atoms with Crippen LogP contribution in [0.2, 0.25) is 0 Å². The van der Waals surface area contributed by atoms with E-state index in [1.54, 1.807) is 36.0 Å². The quantitative estimate of drug-likeness (QED) is 0.694. The minimum Gasteiger partial charge on any atom is -0.465 e. The van der Waals surface area contributed by atoms with Gasteiger partial charge in [-0.15, -0.1) is 11.8 Å². The average molecular weight is 301 g/mol. The van der Waals surface area contributed by atoms with Gasteiger partial charge in [-0.05, 0) is 30.5 Å². The number of hydrogen-bond donors (Lipinski definition) is 1. The number of thioether (sulfide) groups is 1. The standard InChI is InChI=1S/C16H15NO3S/c1-20-16(19)12-8-4-3-7-11(12)15(18)17-13-9-5-6-10-14(13)21-2/h3-10H,1-2H3,(H,17,18). The van der Waals surface area contributed by atoms with E-state index in [1.807, 2.05) is 30.5 Å². The number of esters is 1. The molecule has 21 heavy (non-hydrogen) atoms. The van der Waals surface area contributed by atoms with Crippen LogP contribution in [0, 0.1) is 0 Å². The highest BCUT2D eigenvalue weighted by Crippen LogP contribution is 2.25. The van der Waals surface area contributed by atoms with Gasteiger partial charge in [-0.25, -0.2) is 4.79 Å². The molecule has 0 aromatic heterocycles. The number of nitrogens with one attached hydrogen (secondary N) is 1. The van der Waals surface area contributed by atoms with E-state index in [-0.39, 0.29) is 11.5 Å². The first-order chi connectivity index (χ1) is 10.2. The van der Waals surface area contributed by atoms with E-state index >= 15 is 0 Å². The molecule has 1 amide bonds. The van der Waals surface area contributed by atoms with Gasteiger partial charge in [0.25, 0.3) is 5.91 Å². The van der Waals surface area contributed by atoms with Gasteiger partial charge in [0, 0.05) is 4.90 Å². The molecule has 0 spiro atoms. The van der Waals surface area contributed by atoms with E-state index in [0.29, 0.717) is 5.56 Å². The number of methoxy groups -OCH3 is 1. The van der Waals surface area contributed by atoms with E-state index < -0.39 is 5.97 Å². The molecule has 0 heterocycles. The second-order valence-corrected chi connectivity index (χ2v) is 5.04. The summed E-state index contributed by atoms with van der Waals surface area (Å²) in [6, 6.07) is 14.1. The Labute approximate surface area is 127 Å². The number of rotatable bonds is 4. The molecule has 2 aromatic rings. The zero-order valence-corrected chi connectivity index (χ0v) is 12.6. The third-order valence-electron chi connectivity index (χ3n) is 2.93. The van der Waals surface area contributed by atoms with Crippen molar-refractivity contribution >= 4 is 29.3 Å². The second kappa shape index (κ2) is 6.95. The number of carbonyl (C=O) groups is 2. The predicted octanol–water partition coefficient (Wildman–Crippen LogP) is 3.45. The summed E-state index contributed by atoms with van der Waals surface area (Å²) in [5.74, 6) is -0.864. The van der Waals surface area contributed by atoms with Crippen LogP contribution in [0.5, 0.6) is 0 Å². The molecule has 0 atom stereocenters. The Kier molecular flexibility index (Phi) is 5.00. The number of anilines is 1. The van der Waals surface area contributed by atoms with Crippen LogP contribution in [0.4, 0.5) is 5.69 Å². The average Bonchev–Trinajstić information content (AvgIpc) is 2.54. The van der Waals surface area contributed by atoms with Crippen LogP contribution in [0.1, 0.15) is 20.7 Å². The Morgan fingerprint density at radius 3 is 2.29 bits per heavy atom. The summed E-state index contributed by atoms with van der Waals surface area (Å²) in [5.41, 5.74) is 1.26. The van der Waals surface area contributed by atoms with E-state index in [1.165, 1.54) is 7.11 Å². The summed E-state index contributed by atoms with van der Waals surface area (Å²) in [6.07, 6.45) is 1.94. The minimum absolute atomic E-state index is 0.249. The molecule has 1 N–H and O–H groups in total. The monoisotopic (exact) mass is 301 g/mol. The second-order valence-electron chi connectivity index (χ2n) is 4.19. The van der Waals surface area contributed by atoms with Crippen LogP contribution < -0.4 is 5.32 Å². The smallest absolute Gasteiger partial charge is 0.338 e. The Morgan fingerprint density at radius 2 is 1.62 bits per heavy atom. The van der Waals surface area contributed by atoms with Crippen LogP contribution in [0.15, 0.2) is 53.4 Å². The third kappa shape index (κ3) is 3.44. The van der Waals surface area contributed by atoms with Crippen molar-refractivity contribution in [2.45, 2.75) is 4.90 Å². The zero-order chi connectivity index (χ0) is 15.2. The summed E-state index contributed by atoms with van der Waals surface area (Å²) in [5, 5.41) is 2.83. The van der Waals surface area contributed by atoms with Crippen LogP contribution in [-0.2, 0) is 4.74 Å². The summed E-state index contributed by atoms with van der Waals surface area (Å²) in [4.78, 5) is 25.1. The Morgan fingerprint density at radius 1 is 1.00 bits per heavy atom. The van der Waals surface area contributed by atoms with Gasteiger partial charge in [-0.2, -0.15) is 0 Å². The number of amides is 1. The predicted molar refractivity (Wildman–Crippen MR) is 84.0 cm³/mol. The lowest BCUT2D eigenvalue weighted by atomic mass is 10.1. The van der Waals surface area contributed by atoms with Gasteiger partial charge in [0.1, 0.15) is 0 Å². The molecule has 2 rings (SSSR count). The molecular weight excluding hydrogens is 286 g/mol. The van der Waals surface area contributed by atoms with Gasteiger partial charge in [0.05, 0.1) is 23.9 Å². The third-order valence-corrected chi connectivity index (χ3v) is 3.73. The highest BCUT2D eigenvalue weighted by molar-refractivity contribution is 7.98.